The molecule has 2 atom stereocenters. The number of amides is 1. The molecule has 1 aliphatic carbocycles. The van der Waals surface area contributed by atoms with Crippen molar-refractivity contribution in [1.29, 1.82) is 0 Å². The number of nitrogens with zero attached hydrogens (tertiary/aromatic N) is 1. The van der Waals surface area contributed by atoms with Crippen molar-refractivity contribution in [2.24, 2.45) is 11.0 Å². The smallest absolute Gasteiger partial charge is 0.257 e. The fraction of sp³-hybridized carbons (Fsp3) is 0.190. The van der Waals surface area contributed by atoms with Gasteiger partial charge in [0.15, 0.2) is 11.5 Å². The predicted octanol–water partition coefficient (Wildman–Crippen LogP) is 2.51. The van der Waals surface area contributed by atoms with Gasteiger partial charge in [-0.05, 0) is 30.0 Å². The normalized spacial score (nSPS) is 19.9. The summed E-state index contributed by atoms with van der Waals surface area (Å²) in [5, 5.41) is 4.76. The van der Waals surface area contributed by atoms with E-state index in [2.05, 4.69) is 15.5 Å². The molecular formula is C21H17N3O4. The molecule has 2 N–H and O–H groups in total. The second-order valence-electron chi connectivity index (χ2n) is 6.94. The van der Waals surface area contributed by atoms with Crippen LogP contribution in [0.15, 0.2) is 58.4 Å². The highest BCUT2D eigenvalue weighted by atomic mass is 16.7. The van der Waals surface area contributed by atoms with Gasteiger partial charge in [-0.3, -0.25) is 9.59 Å². The van der Waals surface area contributed by atoms with E-state index in [1.807, 2.05) is 30.3 Å². The Kier molecular flexibility index (Phi) is 3.86. The Balaban J connectivity index is 1.29. The largest absolute Gasteiger partial charge is 0.454 e. The maximum absolute atomic E-state index is 12.3. The van der Waals surface area contributed by atoms with Gasteiger partial charge in [-0.15, -0.1) is 0 Å². The van der Waals surface area contributed by atoms with E-state index in [1.54, 1.807) is 18.2 Å². The minimum absolute atomic E-state index is 0.0748. The summed E-state index contributed by atoms with van der Waals surface area (Å²) < 4.78 is 10.7. The molecule has 5 rings (SSSR count). The van der Waals surface area contributed by atoms with Crippen molar-refractivity contribution < 1.29 is 14.3 Å². The zero-order valence-electron chi connectivity index (χ0n) is 14.8. The lowest BCUT2D eigenvalue weighted by atomic mass is 10.1. The van der Waals surface area contributed by atoms with Gasteiger partial charge in [-0.25, -0.2) is 5.43 Å². The van der Waals surface area contributed by atoms with Crippen LogP contribution in [0.4, 0.5) is 0 Å². The van der Waals surface area contributed by atoms with Crippen molar-refractivity contribution in [3.8, 4) is 11.5 Å². The lowest BCUT2D eigenvalue weighted by Gasteiger charge is -2.02. The number of hydrogen-bond acceptors (Lipinski definition) is 5. The van der Waals surface area contributed by atoms with E-state index in [0.717, 1.165) is 17.4 Å². The van der Waals surface area contributed by atoms with Gasteiger partial charge in [0, 0.05) is 17.4 Å². The summed E-state index contributed by atoms with van der Waals surface area (Å²) in [6.45, 7) is 0.168. The molecule has 28 heavy (non-hydrogen) atoms. The van der Waals surface area contributed by atoms with E-state index in [-0.39, 0.29) is 30.1 Å². The number of hydrogen-bond donors (Lipinski definition) is 2. The molecule has 0 radical (unpaired) electrons. The number of aromatic nitrogens is 1. The van der Waals surface area contributed by atoms with Crippen LogP contribution in [0.2, 0.25) is 0 Å². The number of rotatable bonds is 4. The molecule has 2 heterocycles. The first-order chi connectivity index (χ1) is 13.7. The third kappa shape index (κ3) is 3.00. The molecule has 1 saturated carbocycles. The molecule has 1 amide bonds. The summed E-state index contributed by atoms with van der Waals surface area (Å²) in [5.74, 6) is 1.27. The van der Waals surface area contributed by atoms with Crippen LogP contribution >= 0.6 is 0 Å². The molecule has 2 aromatic carbocycles. The van der Waals surface area contributed by atoms with Crippen LogP contribution in [0.5, 0.6) is 11.5 Å². The molecule has 2 unspecified atom stereocenters. The van der Waals surface area contributed by atoms with E-state index in [0.29, 0.717) is 22.6 Å². The SMILES string of the molecule is O=C(NN=Cc1cc2cc3c(cc2[nH]c1=O)OCO3)C1CC1c1ccccc1. The van der Waals surface area contributed by atoms with Gasteiger partial charge in [0.2, 0.25) is 12.7 Å². The molecule has 1 aromatic heterocycles. The Bertz CT molecular complexity index is 1150. The van der Waals surface area contributed by atoms with Crippen LogP contribution in [0.1, 0.15) is 23.5 Å². The second-order valence-corrected chi connectivity index (χ2v) is 6.94. The number of H-pyrrole nitrogens is 1. The number of nitrogens with one attached hydrogen (secondary N) is 2. The molecule has 3 aromatic rings. The van der Waals surface area contributed by atoms with Crippen molar-refractivity contribution in [1.82, 2.24) is 10.4 Å². The lowest BCUT2D eigenvalue weighted by molar-refractivity contribution is -0.122. The maximum atomic E-state index is 12.3. The van der Waals surface area contributed by atoms with Gasteiger partial charge in [-0.2, -0.15) is 5.10 Å². The third-order valence-electron chi connectivity index (χ3n) is 5.10. The fourth-order valence-electron chi connectivity index (χ4n) is 3.51. The number of aromatic amines is 1. The molecule has 0 spiro atoms. The van der Waals surface area contributed by atoms with E-state index < -0.39 is 0 Å². The molecule has 140 valence electrons. The minimum Gasteiger partial charge on any atom is -0.454 e. The summed E-state index contributed by atoms with van der Waals surface area (Å²) >= 11 is 0. The van der Waals surface area contributed by atoms with Crippen LogP contribution in [-0.2, 0) is 4.79 Å². The van der Waals surface area contributed by atoms with Gasteiger partial charge in [0.1, 0.15) is 0 Å². The molecule has 0 bridgehead atoms. The first-order valence-electron chi connectivity index (χ1n) is 9.03. The van der Waals surface area contributed by atoms with Crippen LogP contribution in [0.25, 0.3) is 10.9 Å². The predicted molar refractivity (Wildman–Crippen MR) is 104 cm³/mol. The van der Waals surface area contributed by atoms with Crippen LogP contribution in [-0.4, -0.2) is 23.9 Å². The monoisotopic (exact) mass is 375 g/mol. The van der Waals surface area contributed by atoms with Gasteiger partial charge < -0.3 is 14.5 Å². The van der Waals surface area contributed by atoms with E-state index in [1.165, 1.54) is 6.21 Å². The topological polar surface area (TPSA) is 92.8 Å². The van der Waals surface area contributed by atoms with Crippen molar-refractivity contribution in [3.05, 3.63) is 70.0 Å². The fourth-order valence-corrected chi connectivity index (χ4v) is 3.51. The maximum Gasteiger partial charge on any atom is 0.257 e. The number of pyridine rings is 1. The van der Waals surface area contributed by atoms with E-state index in [9.17, 15) is 9.59 Å². The average Bonchev–Trinajstić information content (AvgIpc) is 3.39. The highest BCUT2D eigenvalue weighted by Gasteiger charge is 2.43. The molecule has 1 fully saturated rings. The van der Waals surface area contributed by atoms with Crippen molar-refractivity contribution in [2.75, 3.05) is 6.79 Å². The first-order valence-corrected chi connectivity index (χ1v) is 9.03. The lowest BCUT2D eigenvalue weighted by Crippen LogP contribution is -2.21. The second kappa shape index (κ2) is 6.53. The van der Waals surface area contributed by atoms with Crippen molar-refractivity contribution in [3.63, 3.8) is 0 Å². The minimum atomic E-state index is -0.294. The quantitative estimate of drug-likeness (QED) is 0.541. The standard InChI is InChI=1S/C21H17N3O4/c25-20-14(6-13-7-18-19(28-11-27-18)9-17(13)23-20)10-22-24-21(26)16-8-15(16)12-4-2-1-3-5-12/h1-7,9-10,15-16H,8,11H2,(H,23,25)(H,24,26). The van der Waals surface area contributed by atoms with Crippen LogP contribution in [0.3, 0.4) is 0 Å². The Morgan fingerprint density at radius 3 is 2.75 bits per heavy atom. The highest BCUT2D eigenvalue weighted by Crippen LogP contribution is 2.47. The summed E-state index contributed by atoms with van der Waals surface area (Å²) in [7, 11) is 0. The van der Waals surface area contributed by atoms with Gasteiger partial charge in [0.25, 0.3) is 5.56 Å². The zero-order chi connectivity index (χ0) is 19.1. The van der Waals surface area contributed by atoms with Crippen LogP contribution < -0.4 is 20.5 Å². The van der Waals surface area contributed by atoms with Gasteiger partial charge >= 0.3 is 0 Å². The van der Waals surface area contributed by atoms with Crippen LogP contribution in [0, 0.1) is 5.92 Å². The summed E-state index contributed by atoms with van der Waals surface area (Å²) in [4.78, 5) is 27.3. The molecule has 7 heteroatoms. The Morgan fingerprint density at radius 2 is 1.93 bits per heavy atom. The number of hydrazone groups is 1. The Labute approximate surface area is 160 Å². The highest BCUT2D eigenvalue weighted by molar-refractivity contribution is 5.90. The average molecular weight is 375 g/mol. The van der Waals surface area contributed by atoms with E-state index >= 15 is 0 Å². The molecular weight excluding hydrogens is 358 g/mol. The molecule has 2 aliphatic rings. The summed E-state index contributed by atoms with van der Waals surface area (Å²) in [6.07, 6.45) is 2.18. The number of carbonyl (C=O) groups excluding carboxylic acids is 1. The van der Waals surface area contributed by atoms with Gasteiger partial charge in [0.05, 0.1) is 17.3 Å². The van der Waals surface area contributed by atoms with E-state index in [4.69, 9.17) is 9.47 Å². The number of ether oxygens (including phenoxy) is 2. The van der Waals surface area contributed by atoms with Gasteiger partial charge in [-0.1, -0.05) is 30.3 Å². The number of carbonyl (C=O) groups is 1. The van der Waals surface area contributed by atoms with Crippen molar-refractivity contribution in [2.45, 2.75) is 12.3 Å². The number of benzene rings is 2. The van der Waals surface area contributed by atoms with Crippen molar-refractivity contribution >= 4 is 23.0 Å². The molecule has 0 saturated heterocycles. The Morgan fingerprint density at radius 1 is 1.14 bits per heavy atom. The third-order valence-corrected chi connectivity index (χ3v) is 5.10. The summed E-state index contributed by atoms with van der Waals surface area (Å²) in [6, 6.07) is 15.2. The summed E-state index contributed by atoms with van der Waals surface area (Å²) in [5.41, 5.74) is 4.41. The first kappa shape index (κ1) is 16.6. The molecule has 1 aliphatic heterocycles. The Hall–Kier alpha value is -3.61. The number of fused-ring (bicyclic) bond motifs is 2. The molecule has 7 nitrogen and oxygen atoms in total. The zero-order valence-corrected chi connectivity index (χ0v) is 14.8.